The summed E-state index contributed by atoms with van der Waals surface area (Å²) in [4.78, 5) is 12.3. The molecule has 0 aliphatic carbocycles. The molecular weight excluding hydrogens is 351 g/mol. The minimum atomic E-state index is -4.78. The fourth-order valence-corrected chi connectivity index (χ4v) is 2.34. The van der Waals surface area contributed by atoms with Gasteiger partial charge in [-0.1, -0.05) is 0 Å². The van der Waals surface area contributed by atoms with Crippen molar-refractivity contribution in [2.24, 2.45) is 0 Å². The van der Waals surface area contributed by atoms with Gasteiger partial charge in [-0.2, -0.15) is 0 Å². The van der Waals surface area contributed by atoms with Crippen molar-refractivity contribution in [3.05, 3.63) is 53.6 Å². The summed E-state index contributed by atoms with van der Waals surface area (Å²) in [6.45, 7) is 1.76. The molecule has 0 aliphatic heterocycles. The number of amides is 1. The lowest BCUT2D eigenvalue weighted by Gasteiger charge is -2.18. The van der Waals surface area contributed by atoms with Crippen molar-refractivity contribution in [3.63, 3.8) is 0 Å². The molecule has 0 fully saturated rings. The van der Waals surface area contributed by atoms with Gasteiger partial charge in [-0.05, 0) is 49.4 Å². The lowest BCUT2D eigenvalue weighted by molar-refractivity contribution is -0.274. The number of rotatable bonds is 6. The molecule has 5 nitrogen and oxygen atoms in total. The van der Waals surface area contributed by atoms with Gasteiger partial charge in [0, 0.05) is 11.1 Å². The highest BCUT2D eigenvalue weighted by atomic mass is 19.4. The zero-order valence-corrected chi connectivity index (χ0v) is 14.4. The van der Waals surface area contributed by atoms with E-state index in [0.717, 1.165) is 12.1 Å². The molecule has 2 aromatic carbocycles. The minimum absolute atomic E-state index is 0.202. The van der Waals surface area contributed by atoms with E-state index in [1.54, 1.807) is 25.1 Å². The highest BCUT2D eigenvalue weighted by molar-refractivity contribution is 5.94. The third-order valence-corrected chi connectivity index (χ3v) is 3.60. The minimum Gasteiger partial charge on any atom is -0.497 e. The first-order valence-corrected chi connectivity index (χ1v) is 7.62. The molecule has 0 bridgehead atoms. The standard InChI is InChI=1S/C18H18F3NO4/c1-11(15-10-14(24-2)8-9-16(15)25-3)22-17(23)12-4-6-13(7-5-12)26-18(19,20)21/h4-11H,1-3H3,(H,22,23)/t11-/m0/s1. The predicted octanol–water partition coefficient (Wildman–Crippen LogP) is 4.09. The normalized spacial score (nSPS) is 12.2. The van der Waals surface area contributed by atoms with Crippen molar-refractivity contribution in [2.45, 2.75) is 19.3 Å². The average molecular weight is 369 g/mol. The van der Waals surface area contributed by atoms with E-state index in [4.69, 9.17) is 9.47 Å². The molecule has 26 heavy (non-hydrogen) atoms. The van der Waals surface area contributed by atoms with Gasteiger partial charge in [-0.15, -0.1) is 13.2 Å². The number of carbonyl (C=O) groups excluding carboxylic acids is 1. The molecule has 8 heteroatoms. The number of nitrogens with one attached hydrogen (secondary N) is 1. The van der Waals surface area contributed by atoms with Crippen LogP contribution in [0.5, 0.6) is 17.2 Å². The van der Waals surface area contributed by atoms with Crippen LogP contribution in [0.15, 0.2) is 42.5 Å². The highest BCUT2D eigenvalue weighted by Crippen LogP contribution is 2.29. The van der Waals surface area contributed by atoms with Gasteiger partial charge in [-0.3, -0.25) is 4.79 Å². The second-order valence-corrected chi connectivity index (χ2v) is 5.38. The fraction of sp³-hybridized carbons (Fsp3) is 0.278. The van der Waals surface area contributed by atoms with E-state index in [1.807, 2.05) is 0 Å². The molecule has 0 radical (unpaired) electrons. The van der Waals surface area contributed by atoms with Gasteiger partial charge < -0.3 is 19.5 Å². The third kappa shape index (κ3) is 5.05. The maximum atomic E-state index is 12.3. The molecule has 0 heterocycles. The van der Waals surface area contributed by atoms with Gasteiger partial charge in [-0.25, -0.2) is 0 Å². The Labute approximate surface area is 148 Å². The third-order valence-electron chi connectivity index (χ3n) is 3.60. The summed E-state index contributed by atoms with van der Waals surface area (Å²) in [5.41, 5.74) is 0.908. The molecule has 1 amide bonds. The maximum Gasteiger partial charge on any atom is 0.573 e. The molecular formula is C18H18F3NO4. The first kappa shape index (κ1) is 19.4. The van der Waals surface area contributed by atoms with Gasteiger partial charge in [0.1, 0.15) is 17.2 Å². The molecule has 0 saturated heterocycles. The van der Waals surface area contributed by atoms with Gasteiger partial charge in [0.05, 0.1) is 20.3 Å². The number of carbonyl (C=O) groups is 1. The summed E-state index contributed by atoms with van der Waals surface area (Å²) in [6, 6.07) is 9.45. The van der Waals surface area contributed by atoms with Crippen molar-refractivity contribution in [1.29, 1.82) is 0 Å². The van der Waals surface area contributed by atoms with Crippen LogP contribution in [0.1, 0.15) is 28.9 Å². The first-order valence-electron chi connectivity index (χ1n) is 7.62. The van der Waals surface area contributed by atoms with Crippen molar-refractivity contribution in [1.82, 2.24) is 5.32 Å². The Morgan fingerprint density at radius 1 is 1.00 bits per heavy atom. The second-order valence-electron chi connectivity index (χ2n) is 5.38. The summed E-state index contributed by atoms with van der Waals surface area (Å²) in [5, 5.41) is 2.77. The summed E-state index contributed by atoms with van der Waals surface area (Å²) in [5.74, 6) is 0.348. The predicted molar refractivity (Wildman–Crippen MR) is 88.6 cm³/mol. The van der Waals surface area contributed by atoms with Crippen molar-refractivity contribution >= 4 is 5.91 Å². The lowest BCUT2D eigenvalue weighted by Crippen LogP contribution is -2.27. The van der Waals surface area contributed by atoms with Crippen LogP contribution in [-0.2, 0) is 0 Å². The Morgan fingerprint density at radius 3 is 2.15 bits per heavy atom. The summed E-state index contributed by atoms with van der Waals surface area (Å²) >= 11 is 0. The van der Waals surface area contributed by atoms with Crippen LogP contribution in [0.25, 0.3) is 0 Å². The van der Waals surface area contributed by atoms with Crippen LogP contribution in [0.4, 0.5) is 13.2 Å². The fourth-order valence-electron chi connectivity index (χ4n) is 2.34. The van der Waals surface area contributed by atoms with Crippen LogP contribution in [0.2, 0.25) is 0 Å². The molecule has 0 unspecified atom stereocenters. The maximum absolute atomic E-state index is 12.3. The molecule has 140 valence electrons. The molecule has 1 atom stereocenters. The number of alkyl halides is 3. The SMILES string of the molecule is COc1ccc(OC)c([C@H](C)NC(=O)c2ccc(OC(F)(F)F)cc2)c1. The Morgan fingerprint density at radius 2 is 1.62 bits per heavy atom. The van der Waals surface area contributed by atoms with Gasteiger partial charge in [0.2, 0.25) is 0 Å². The molecule has 1 N–H and O–H groups in total. The van der Waals surface area contributed by atoms with E-state index in [1.165, 1.54) is 26.4 Å². The van der Waals surface area contributed by atoms with Crippen LogP contribution in [0, 0.1) is 0 Å². The van der Waals surface area contributed by atoms with E-state index < -0.39 is 24.1 Å². The number of ether oxygens (including phenoxy) is 3. The number of benzene rings is 2. The monoisotopic (exact) mass is 369 g/mol. The lowest BCUT2D eigenvalue weighted by atomic mass is 10.1. The van der Waals surface area contributed by atoms with E-state index in [-0.39, 0.29) is 5.56 Å². The van der Waals surface area contributed by atoms with Crippen molar-refractivity contribution < 1.29 is 32.2 Å². The van der Waals surface area contributed by atoms with E-state index >= 15 is 0 Å². The zero-order valence-electron chi connectivity index (χ0n) is 14.4. The van der Waals surface area contributed by atoms with Crippen molar-refractivity contribution in [2.75, 3.05) is 14.2 Å². The summed E-state index contributed by atoms with van der Waals surface area (Å²) in [7, 11) is 3.04. The second kappa shape index (κ2) is 7.99. The Bertz CT molecular complexity index is 760. The Kier molecular flexibility index (Phi) is 5.97. The molecule has 0 saturated carbocycles. The number of halogens is 3. The summed E-state index contributed by atoms with van der Waals surface area (Å²) in [6.07, 6.45) is -4.78. The average Bonchev–Trinajstić information content (AvgIpc) is 2.60. The number of hydrogen-bond acceptors (Lipinski definition) is 4. The largest absolute Gasteiger partial charge is 0.573 e. The molecule has 0 aliphatic rings. The topological polar surface area (TPSA) is 56.8 Å². The molecule has 0 spiro atoms. The Balaban J connectivity index is 2.12. The quantitative estimate of drug-likeness (QED) is 0.833. The molecule has 2 rings (SSSR count). The van der Waals surface area contributed by atoms with Crippen LogP contribution in [-0.4, -0.2) is 26.5 Å². The van der Waals surface area contributed by atoms with E-state index in [2.05, 4.69) is 10.1 Å². The smallest absolute Gasteiger partial charge is 0.497 e. The van der Waals surface area contributed by atoms with E-state index in [0.29, 0.717) is 17.1 Å². The number of methoxy groups -OCH3 is 2. The Hall–Kier alpha value is -2.90. The van der Waals surface area contributed by atoms with E-state index in [9.17, 15) is 18.0 Å². The van der Waals surface area contributed by atoms with Gasteiger partial charge in [0.25, 0.3) is 5.91 Å². The van der Waals surface area contributed by atoms with Gasteiger partial charge >= 0.3 is 6.36 Å². The molecule has 2 aromatic rings. The number of hydrogen-bond donors (Lipinski definition) is 1. The first-order chi connectivity index (χ1) is 12.2. The summed E-state index contributed by atoms with van der Waals surface area (Å²) < 4.78 is 50.7. The van der Waals surface area contributed by atoms with Crippen LogP contribution in [0.3, 0.4) is 0 Å². The highest BCUT2D eigenvalue weighted by Gasteiger charge is 2.31. The van der Waals surface area contributed by atoms with Crippen molar-refractivity contribution in [3.8, 4) is 17.2 Å². The molecule has 0 aromatic heterocycles. The van der Waals surface area contributed by atoms with Crippen LogP contribution >= 0.6 is 0 Å². The van der Waals surface area contributed by atoms with Gasteiger partial charge in [0.15, 0.2) is 0 Å². The zero-order chi connectivity index (χ0) is 19.3. The van der Waals surface area contributed by atoms with Crippen LogP contribution < -0.4 is 19.5 Å².